The zero-order valence-electron chi connectivity index (χ0n) is 17.6. The van der Waals surface area contributed by atoms with E-state index in [1.54, 1.807) is 6.08 Å². The number of esters is 1. The van der Waals surface area contributed by atoms with E-state index in [4.69, 9.17) is 9.47 Å². The predicted molar refractivity (Wildman–Crippen MR) is 135 cm³/mol. The van der Waals surface area contributed by atoms with Crippen LogP contribution in [0.15, 0.2) is 86.4 Å². The van der Waals surface area contributed by atoms with E-state index in [2.05, 4.69) is 62.8 Å². The lowest BCUT2D eigenvalue weighted by Gasteiger charge is -2.13. The molecule has 32 heavy (non-hydrogen) atoms. The molecule has 0 aromatic heterocycles. The summed E-state index contributed by atoms with van der Waals surface area (Å²) in [5.74, 6) is 0.978. The van der Waals surface area contributed by atoms with Crippen LogP contribution in [0.2, 0.25) is 0 Å². The second-order valence-corrected chi connectivity index (χ2v) is 9.51. The molecule has 1 aliphatic rings. The fourth-order valence-corrected chi connectivity index (χ4v) is 4.63. The lowest BCUT2D eigenvalue weighted by atomic mass is 10.0. The van der Waals surface area contributed by atoms with Gasteiger partial charge in [-0.05, 0) is 84.8 Å². The maximum Gasteiger partial charge on any atom is 0.363 e. The average Bonchev–Trinajstić information content (AvgIpc) is 3.14. The summed E-state index contributed by atoms with van der Waals surface area (Å²) in [5.41, 5.74) is 4.02. The van der Waals surface area contributed by atoms with Gasteiger partial charge in [-0.25, -0.2) is 9.79 Å². The van der Waals surface area contributed by atoms with Crippen molar-refractivity contribution in [3.05, 3.63) is 92.5 Å². The monoisotopic (exact) mass is 553 g/mol. The van der Waals surface area contributed by atoms with Crippen LogP contribution < -0.4 is 4.74 Å². The van der Waals surface area contributed by atoms with Gasteiger partial charge in [0, 0.05) is 5.56 Å². The molecular weight excluding hydrogens is 534 g/mol. The van der Waals surface area contributed by atoms with Crippen molar-refractivity contribution < 1.29 is 14.3 Å². The minimum atomic E-state index is -0.473. The molecule has 4 rings (SSSR count). The summed E-state index contributed by atoms with van der Waals surface area (Å²) in [6.07, 6.45) is 1.70. The molecular formula is C26H21Br2NO3. The van der Waals surface area contributed by atoms with Gasteiger partial charge in [0.2, 0.25) is 5.90 Å². The van der Waals surface area contributed by atoms with E-state index < -0.39 is 5.97 Å². The van der Waals surface area contributed by atoms with Gasteiger partial charge in [-0.1, -0.05) is 56.3 Å². The molecule has 0 radical (unpaired) electrons. The van der Waals surface area contributed by atoms with Crippen molar-refractivity contribution in [1.29, 1.82) is 0 Å². The van der Waals surface area contributed by atoms with E-state index in [1.807, 2.05) is 54.6 Å². The lowest BCUT2D eigenvalue weighted by Crippen LogP contribution is -2.05. The van der Waals surface area contributed by atoms with Crippen molar-refractivity contribution in [3.63, 3.8) is 0 Å². The highest BCUT2D eigenvalue weighted by Crippen LogP contribution is 2.36. The van der Waals surface area contributed by atoms with Crippen molar-refractivity contribution >= 4 is 49.8 Å². The molecule has 3 aromatic rings. The summed E-state index contributed by atoms with van der Waals surface area (Å²) in [6, 6.07) is 21.7. The molecule has 4 nitrogen and oxygen atoms in total. The van der Waals surface area contributed by atoms with Crippen LogP contribution in [-0.2, 0) is 9.53 Å². The Morgan fingerprint density at radius 3 is 2.16 bits per heavy atom. The first-order valence-corrected chi connectivity index (χ1v) is 11.8. The van der Waals surface area contributed by atoms with Crippen molar-refractivity contribution in [3.8, 4) is 16.9 Å². The Kier molecular flexibility index (Phi) is 6.92. The third-order valence-corrected chi connectivity index (χ3v) is 5.92. The zero-order valence-corrected chi connectivity index (χ0v) is 20.8. The molecule has 0 amide bonds. The van der Waals surface area contributed by atoms with Gasteiger partial charge in [0.15, 0.2) is 5.70 Å². The molecule has 6 heteroatoms. The van der Waals surface area contributed by atoms with Gasteiger partial charge < -0.3 is 9.47 Å². The van der Waals surface area contributed by atoms with Crippen molar-refractivity contribution in [2.24, 2.45) is 10.9 Å². The quantitative estimate of drug-likeness (QED) is 0.238. The van der Waals surface area contributed by atoms with E-state index >= 15 is 0 Å². The molecule has 0 N–H and O–H groups in total. The molecule has 162 valence electrons. The van der Waals surface area contributed by atoms with Gasteiger partial charge in [-0.3, -0.25) is 0 Å². The number of halogens is 2. The van der Waals surface area contributed by atoms with Gasteiger partial charge in [-0.15, -0.1) is 0 Å². The Bertz CT molecular complexity index is 1180. The number of ether oxygens (including phenoxy) is 2. The highest BCUT2D eigenvalue weighted by molar-refractivity contribution is 9.11. The van der Waals surface area contributed by atoms with Gasteiger partial charge in [0.25, 0.3) is 0 Å². The standard InChI is InChI=1S/C26H21Br2NO3/c1-16(2)15-31-24-21(27)12-17(13-22(24)28)14-23-26(30)32-25(29-23)20-10-8-19(9-11-20)18-6-4-3-5-7-18/h3-14,16H,15H2,1-2H3/b23-14-. The van der Waals surface area contributed by atoms with Crippen LogP contribution >= 0.6 is 31.9 Å². The van der Waals surface area contributed by atoms with E-state index in [1.165, 1.54) is 0 Å². The number of rotatable bonds is 6. The van der Waals surface area contributed by atoms with Gasteiger partial charge >= 0.3 is 5.97 Å². The fourth-order valence-electron chi connectivity index (χ4n) is 3.18. The third-order valence-electron chi connectivity index (χ3n) is 4.74. The highest BCUT2D eigenvalue weighted by atomic mass is 79.9. The van der Waals surface area contributed by atoms with Crippen LogP contribution in [0.1, 0.15) is 25.0 Å². The first-order valence-electron chi connectivity index (χ1n) is 10.2. The number of carbonyl (C=O) groups excluding carboxylic acids is 1. The molecule has 0 atom stereocenters. The summed E-state index contributed by atoms with van der Waals surface area (Å²) in [4.78, 5) is 16.8. The van der Waals surface area contributed by atoms with E-state index in [-0.39, 0.29) is 5.70 Å². The maximum atomic E-state index is 12.4. The summed E-state index contributed by atoms with van der Waals surface area (Å²) in [5, 5.41) is 0. The van der Waals surface area contributed by atoms with Gasteiger partial charge in [-0.2, -0.15) is 0 Å². The van der Waals surface area contributed by atoms with Crippen LogP contribution in [0.3, 0.4) is 0 Å². The van der Waals surface area contributed by atoms with Crippen molar-refractivity contribution in [2.75, 3.05) is 6.61 Å². The largest absolute Gasteiger partial charge is 0.491 e. The first-order chi connectivity index (χ1) is 15.4. The van der Waals surface area contributed by atoms with E-state index in [9.17, 15) is 4.79 Å². The Morgan fingerprint density at radius 2 is 1.53 bits per heavy atom. The Hall–Kier alpha value is -2.70. The first kappa shape index (κ1) is 22.5. The van der Waals surface area contributed by atoms with E-state index in [0.29, 0.717) is 18.4 Å². The highest BCUT2D eigenvalue weighted by Gasteiger charge is 2.24. The van der Waals surface area contributed by atoms with Crippen molar-refractivity contribution in [1.82, 2.24) is 0 Å². The third kappa shape index (κ3) is 5.19. The number of hydrogen-bond donors (Lipinski definition) is 0. The Morgan fingerprint density at radius 1 is 0.938 bits per heavy atom. The SMILES string of the molecule is CC(C)COc1c(Br)cc(/C=C2\N=C(c3ccc(-c4ccccc4)cc3)OC2=O)cc1Br. The van der Waals surface area contributed by atoms with Gasteiger partial charge in [0.1, 0.15) is 5.75 Å². The number of hydrogen-bond acceptors (Lipinski definition) is 4. The minimum absolute atomic E-state index is 0.252. The number of nitrogens with zero attached hydrogens (tertiary/aromatic N) is 1. The second-order valence-electron chi connectivity index (χ2n) is 7.80. The summed E-state index contributed by atoms with van der Waals surface area (Å²) in [7, 11) is 0. The smallest absolute Gasteiger partial charge is 0.363 e. The summed E-state index contributed by atoms with van der Waals surface area (Å²) >= 11 is 7.10. The minimum Gasteiger partial charge on any atom is -0.491 e. The number of benzene rings is 3. The molecule has 0 saturated heterocycles. The molecule has 0 saturated carbocycles. The van der Waals surface area contributed by atoms with Gasteiger partial charge in [0.05, 0.1) is 15.6 Å². The topological polar surface area (TPSA) is 47.9 Å². The fraction of sp³-hybridized carbons (Fsp3) is 0.154. The predicted octanol–water partition coefficient (Wildman–Crippen LogP) is 7.26. The van der Waals surface area contributed by atoms with Crippen LogP contribution in [0.4, 0.5) is 0 Å². The zero-order chi connectivity index (χ0) is 22.7. The molecule has 0 fully saturated rings. The molecule has 0 unspecified atom stereocenters. The Balaban J connectivity index is 1.56. The summed E-state index contributed by atoms with van der Waals surface area (Å²) < 4.78 is 12.9. The summed E-state index contributed by atoms with van der Waals surface area (Å²) in [6.45, 7) is 4.80. The van der Waals surface area contributed by atoms with E-state index in [0.717, 1.165) is 36.9 Å². The second kappa shape index (κ2) is 9.84. The molecule has 0 bridgehead atoms. The number of carbonyl (C=O) groups is 1. The van der Waals surface area contributed by atoms with Crippen LogP contribution in [0, 0.1) is 5.92 Å². The van der Waals surface area contributed by atoms with Crippen LogP contribution in [-0.4, -0.2) is 18.5 Å². The van der Waals surface area contributed by atoms with Crippen LogP contribution in [0.5, 0.6) is 5.75 Å². The molecule has 1 heterocycles. The van der Waals surface area contributed by atoms with Crippen LogP contribution in [0.25, 0.3) is 17.2 Å². The number of aliphatic imine (C=N–C) groups is 1. The average molecular weight is 555 g/mol. The molecule has 1 aliphatic heterocycles. The van der Waals surface area contributed by atoms with Crippen molar-refractivity contribution in [2.45, 2.75) is 13.8 Å². The molecule has 0 aliphatic carbocycles. The maximum absolute atomic E-state index is 12.4. The molecule has 0 spiro atoms. The Labute approximate surface area is 204 Å². The normalized spacial score (nSPS) is 14.6. The lowest BCUT2D eigenvalue weighted by molar-refractivity contribution is -0.129. The molecule has 3 aromatic carbocycles. The number of cyclic esters (lactones) is 1.